The summed E-state index contributed by atoms with van der Waals surface area (Å²) < 4.78 is 12.9. The van der Waals surface area contributed by atoms with Gasteiger partial charge in [0.1, 0.15) is 5.82 Å². The molecular formula is C13H16FN5S. The lowest BCUT2D eigenvalue weighted by Gasteiger charge is -2.18. The summed E-state index contributed by atoms with van der Waals surface area (Å²) in [4.78, 5) is 15.5. The van der Waals surface area contributed by atoms with Gasteiger partial charge in [-0.3, -0.25) is 0 Å². The van der Waals surface area contributed by atoms with Crippen LogP contribution in [-0.2, 0) is 0 Å². The smallest absolute Gasteiger partial charge is 0.231 e. The lowest BCUT2D eigenvalue weighted by molar-refractivity contribution is 0.626. The molecule has 1 heterocycles. The highest BCUT2D eigenvalue weighted by atomic mass is 32.2. The molecule has 0 fully saturated rings. The molecule has 0 aliphatic heterocycles. The third-order valence-corrected chi connectivity index (χ3v) is 3.56. The van der Waals surface area contributed by atoms with Crippen LogP contribution in [0.25, 0.3) is 0 Å². The summed E-state index contributed by atoms with van der Waals surface area (Å²) in [6, 6.07) is 6.16. The predicted octanol–water partition coefficient (Wildman–Crippen LogP) is 2.59. The number of nitrogens with two attached hydrogens (primary N) is 1. The molecule has 0 aliphatic carbocycles. The second kappa shape index (κ2) is 6.51. The van der Waals surface area contributed by atoms with Gasteiger partial charge in [-0.15, -0.1) is 0 Å². The maximum Gasteiger partial charge on any atom is 0.231 e. The summed E-state index contributed by atoms with van der Waals surface area (Å²) in [6.45, 7) is 5.63. The molecule has 1 aromatic carbocycles. The molecule has 0 bridgehead atoms. The van der Waals surface area contributed by atoms with Gasteiger partial charge in [0, 0.05) is 18.0 Å². The molecular weight excluding hydrogens is 277 g/mol. The van der Waals surface area contributed by atoms with Crippen molar-refractivity contribution in [1.82, 2.24) is 15.0 Å². The molecule has 0 saturated heterocycles. The average Bonchev–Trinajstić information content (AvgIpc) is 2.42. The number of nitrogens with zero attached hydrogens (tertiary/aromatic N) is 4. The van der Waals surface area contributed by atoms with Crippen LogP contribution in [0.4, 0.5) is 16.3 Å². The Morgan fingerprint density at radius 3 is 2.35 bits per heavy atom. The van der Waals surface area contributed by atoms with Gasteiger partial charge >= 0.3 is 0 Å². The number of hydrogen-bond donors (Lipinski definition) is 1. The zero-order chi connectivity index (χ0) is 14.5. The SMILES string of the molecule is CCN(CC)c1nc(N)nc(Sc2ccc(F)cc2)n1. The normalized spacial score (nSPS) is 10.6. The van der Waals surface area contributed by atoms with Gasteiger partial charge in [0.05, 0.1) is 0 Å². The number of anilines is 2. The fourth-order valence-electron chi connectivity index (χ4n) is 1.66. The number of nitrogen functional groups attached to an aromatic ring is 1. The van der Waals surface area contributed by atoms with Crippen molar-refractivity contribution < 1.29 is 4.39 Å². The molecule has 0 aliphatic rings. The largest absolute Gasteiger partial charge is 0.368 e. The summed E-state index contributed by atoms with van der Waals surface area (Å²) >= 11 is 1.33. The molecule has 106 valence electrons. The van der Waals surface area contributed by atoms with E-state index in [1.54, 1.807) is 12.1 Å². The minimum absolute atomic E-state index is 0.187. The maximum atomic E-state index is 12.9. The standard InChI is InChI=1S/C13H16FN5S/c1-3-19(4-2)12-16-11(15)17-13(18-12)20-10-7-5-9(14)6-8-10/h5-8H,3-4H2,1-2H3,(H2,15,16,17,18). The van der Waals surface area contributed by atoms with Crippen LogP contribution in [0.5, 0.6) is 0 Å². The Kier molecular flexibility index (Phi) is 4.73. The van der Waals surface area contributed by atoms with Gasteiger partial charge < -0.3 is 10.6 Å². The Morgan fingerprint density at radius 2 is 1.75 bits per heavy atom. The number of benzene rings is 1. The molecule has 0 radical (unpaired) electrons. The van der Waals surface area contributed by atoms with E-state index in [1.165, 1.54) is 23.9 Å². The van der Waals surface area contributed by atoms with Crippen molar-refractivity contribution in [3.05, 3.63) is 30.1 Å². The van der Waals surface area contributed by atoms with Gasteiger partial charge in [0.15, 0.2) is 5.16 Å². The van der Waals surface area contributed by atoms with E-state index in [9.17, 15) is 4.39 Å². The van der Waals surface area contributed by atoms with E-state index in [0.717, 1.165) is 18.0 Å². The van der Waals surface area contributed by atoms with Gasteiger partial charge in [-0.25, -0.2) is 4.39 Å². The van der Waals surface area contributed by atoms with E-state index in [0.29, 0.717) is 11.1 Å². The molecule has 2 aromatic rings. The first-order valence-electron chi connectivity index (χ1n) is 6.32. The molecule has 0 unspecified atom stereocenters. The van der Waals surface area contributed by atoms with Gasteiger partial charge in [-0.2, -0.15) is 15.0 Å². The van der Waals surface area contributed by atoms with E-state index in [-0.39, 0.29) is 11.8 Å². The zero-order valence-corrected chi connectivity index (χ0v) is 12.2. The highest BCUT2D eigenvalue weighted by Gasteiger charge is 2.10. The Balaban J connectivity index is 2.25. The first kappa shape index (κ1) is 14.5. The fraction of sp³-hybridized carbons (Fsp3) is 0.308. The van der Waals surface area contributed by atoms with Crippen LogP contribution < -0.4 is 10.6 Å². The van der Waals surface area contributed by atoms with E-state index < -0.39 is 0 Å². The van der Waals surface area contributed by atoms with Crippen molar-refractivity contribution >= 4 is 23.7 Å². The van der Waals surface area contributed by atoms with Crippen LogP contribution >= 0.6 is 11.8 Å². The predicted molar refractivity (Wildman–Crippen MR) is 78.3 cm³/mol. The average molecular weight is 293 g/mol. The summed E-state index contributed by atoms with van der Waals surface area (Å²) in [5.74, 6) is 0.479. The van der Waals surface area contributed by atoms with E-state index in [4.69, 9.17) is 5.73 Å². The van der Waals surface area contributed by atoms with E-state index >= 15 is 0 Å². The maximum absolute atomic E-state index is 12.9. The van der Waals surface area contributed by atoms with Crippen molar-refractivity contribution in [2.45, 2.75) is 23.9 Å². The fourth-order valence-corrected chi connectivity index (χ4v) is 2.41. The van der Waals surface area contributed by atoms with Crippen LogP contribution in [0.2, 0.25) is 0 Å². The van der Waals surface area contributed by atoms with Crippen molar-refractivity contribution in [3.63, 3.8) is 0 Å². The van der Waals surface area contributed by atoms with Crippen molar-refractivity contribution in [1.29, 1.82) is 0 Å². The minimum atomic E-state index is -0.270. The topological polar surface area (TPSA) is 67.9 Å². The molecule has 2 N–H and O–H groups in total. The van der Waals surface area contributed by atoms with Crippen LogP contribution in [-0.4, -0.2) is 28.0 Å². The van der Waals surface area contributed by atoms with E-state index in [1.807, 2.05) is 18.7 Å². The molecule has 0 amide bonds. The lowest BCUT2D eigenvalue weighted by Crippen LogP contribution is -2.25. The quantitative estimate of drug-likeness (QED) is 0.914. The minimum Gasteiger partial charge on any atom is -0.368 e. The Labute approximate surface area is 121 Å². The van der Waals surface area contributed by atoms with Gasteiger partial charge in [-0.05, 0) is 49.9 Å². The number of hydrogen-bond acceptors (Lipinski definition) is 6. The first-order chi connectivity index (χ1) is 9.62. The number of aromatic nitrogens is 3. The third-order valence-electron chi connectivity index (χ3n) is 2.69. The second-order valence-corrected chi connectivity index (χ2v) is 5.05. The van der Waals surface area contributed by atoms with Crippen LogP contribution in [0, 0.1) is 5.82 Å². The zero-order valence-electron chi connectivity index (χ0n) is 11.4. The summed E-state index contributed by atoms with van der Waals surface area (Å²) in [6.07, 6.45) is 0. The molecule has 0 spiro atoms. The molecule has 7 heteroatoms. The summed E-state index contributed by atoms with van der Waals surface area (Å²) in [5.41, 5.74) is 5.72. The van der Waals surface area contributed by atoms with Crippen molar-refractivity contribution in [3.8, 4) is 0 Å². The first-order valence-corrected chi connectivity index (χ1v) is 7.14. The Hall–Kier alpha value is -1.89. The van der Waals surface area contributed by atoms with Gasteiger partial charge in [0.2, 0.25) is 11.9 Å². The molecule has 0 saturated carbocycles. The van der Waals surface area contributed by atoms with Gasteiger partial charge in [0.25, 0.3) is 0 Å². The number of halogens is 1. The van der Waals surface area contributed by atoms with Crippen molar-refractivity contribution in [2.75, 3.05) is 23.7 Å². The monoisotopic (exact) mass is 293 g/mol. The van der Waals surface area contributed by atoms with Crippen LogP contribution in [0.1, 0.15) is 13.8 Å². The molecule has 20 heavy (non-hydrogen) atoms. The number of rotatable bonds is 5. The third kappa shape index (κ3) is 3.57. The summed E-state index contributed by atoms with van der Waals surface area (Å²) in [5, 5.41) is 0.506. The van der Waals surface area contributed by atoms with Gasteiger partial charge in [-0.1, -0.05) is 0 Å². The Morgan fingerprint density at radius 1 is 1.10 bits per heavy atom. The second-order valence-electron chi connectivity index (χ2n) is 4.00. The van der Waals surface area contributed by atoms with E-state index in [2.05, 4.69) is 15.0 Å². The Bertz CT molecular complexity index is 571. The van der Waals surface area contributed by atoms with Crippen LogP contribution in [0.15, 0.2) is 34.3 Å². The van der Waals surface area contributed by atoms with Crippen LogP contribution in [0.3, 0.4) is 0 Å². The molecule has 5 nitrogen and oxygen atoms in total. The molecule has 2 rings (SSSR count). The summed E-state index contributed by atoms with van der Waals surface area (Å²) in [7, 11) is 0. The highest BCUT2D eigenvalue weighted by Crippen LogP contribution is 2.26. The molecule has 0 atom stereocenters. The highest BCUT2D eigenvalue weighted by molar-refractivity contribution is 7.99. The lowest BCUT2D eigenvalue weighted by atomic mass is 10.4. The van der Waals surface area contributed by atoms with Crippen molar-refractivity contribution in [2.24, 2.45) is 0 Å². The molecule has 1 aromatic heterocycles.